The van der Waals surface area contributed by atoms with Gasteiger partial charge in [0, 0.05) is 5.54 Å². The first-order valence-electron chi connectivity index (χ1n) is 9.21. The Morgan fingerprint density at radius 2 is 1.26 bits per heavy atom. The average molecular weight is 330 g/mol. The van der Waals surface area contributed by atoms with E-state index in [0.717, 1.165) is 39.0 Å². The lowest BCUT2D eigenvalue weighted by Gasteiger charge is -2.33. The highest BCUT2D eigenvalue weighted by Gasteiger charge is 2.25. The zero-order valence-corrected chi connectivity index (χ0v) is 17.6. The highest BCUT2D eigenvalue weighted by molar-refractivity contribution is 4.79. The quantitative estimate of drug-likeness (QED) is 0.566. The minimum atomic E-state index is -0.133. The molecule has 0 aromatic heterocycles. The van der Waals surface area contributed by atoms with Crippen molar-refractivity contribution in [3.8, 4) is 0 Å². The van der Waals surface area contributed by atoms with Crippen molar-refractivity contribution < 1.29 is 9.47 Å². The van der Waals surface area contributed by atoms with E-state index in [4.69, 9.17) is 9.47 Å². The van der Waals surface area contributed by atoms with E-state index in [1.54, 1.807) is 0 Å². The standard InChI is InChI=1S/C20H43NO2/c1-11-18(5,6)21-14-12-19(7,8)22-15-13-20(9,10)23-16-17(2,3)4/h21H,11-16H2,1-10H3. The Morgan fingerprint density at radius 3 is 1.74 bits per heavy atom. The van der Waals surface area contributed by atoms with Crippen LogP contribution >= 0.6 is 0 Å². The van der Waals surface area contributed by atoms with Crippen molar-refractivity contribution in [2.45, 2.75) is 105 Å². The van der Waals surface area contributed by atoms with Crippen LogP contribution in [0.3, 0.4) is 0 Å². The Morgan fingerprint density at radius 1 is 0.739 bits per heavy atom. The molecule has 0 amide bonds. The first-order valence-corrected chi connectivity index (χ1v) is 9.21. The van der Waals surface area contributed by atoms with Crippen LogP contribution in [0, 0.1) is 5.41 Å². The lowest BCUT2D eigenvalue weighted by molar-refractivity contribution is -0.0890. The van der Waals surface area contributed by atoms with E-state index < -0.39 is 0 Å². The lowest BCUT2D eigenvalue weighted by atomic mass is 9.97. The highest BCUT2D eigenvalue weighted by Crippen LogP contribution is 2.23. The molecule has 0 aliphatic rings. The van der Waals surface area contributed by atoms with Crippen molar-refractivity contribution in [1.29, 1.82) is 0 Å². The second-order valence-corrected chi connectivity index (χ2v) is 9.88. The zero-order chi connectivity index (χ0) is 18.4. The van der Waals surface area contributed by atoms with Crippen molar-refractivity contribution in [2.75, 3.05) is 19.8 Å². The molecular weight excluding hydrogens is 286 g/mol. The van der Waals surface area contributed by atoms with Crippen LogP contribution in [-0.2, 0) is 9.47 Å². The van der Waals surface area contributed by atoms with E-state index in [-0.39, 0.29) is 22.2 Å². The van der Waals surface area contributed by atoms with E-state index in [1.165, 1.54) is 0 Å². The minimum absolute atomic E-state index is 0.100. The normalized spacial score (nSPS) is 14.3. The van der Waals surface area contributed by atoms with Crippen LogP contribution in [0.1, 0.15) is 88.5 Å². The topological polar surface area (TPSA) is 30.5 Å². The highest BCUT2D eigenvalue weighted by atomic mass is 16.5. The van der Waals surface area contributed by atoms with Gasteiger partial charge in [0.25, 0.3) is 0 Å². The summed E-state index contributed by atoms with van der Waals surface area (Å²) in [5.41, 5.74) is 0.177. The molecule has 0 aliphatic carbocycles. The van der Waals surface area contributed by atoms with Crippen LogP contribution in [-0.4, -0.2) is 36.5 Å². The molecule has 0 heterocycles. The van der Waals surface area contributed by atoms with Gasteiger partial charge in [-0.15, -0.1) is 0 Å². The summed E-state index contributed by atoms with van der Waals surface area (Å²) in [6.07, 6.45) is 3.06. The number of ether oxygens (including phenoxy) is 2. The molecule has 3 nitrogen and oxygen atoms in total. The molecular formula is C20H43NO2. The number of hydrogen-bond acceptors (Lipinski definition) is 3. The summed E-state index contributed by atoms with van der Waals surface area (Å²) in [6, 6.07) is 0. The number of rotatable bonds is 11. The molecule has 0 aromatic rings. The fourth-order valence-corrected chi connectivity index (χ4v) is 1.96. The average Bonchev–Trinajstić information content (AvgIpc) is 2.35. The summed E-state index contributed by atoms with van der Waals surface area (Å²) in [6.45, 7) is 24.5. The Kier molecular flexibility index (Phi) is 8.78. The lowest BCUT2D eigenvalue weighted by Crippen LogP contribution is -2.42. The van der Waals surface area contributed by atoms with Gasteiger partial charge in [-0.05, 0) is 72.8 Å². The molecule has 1 N–H and O–H groups in total. The molecule has 0 spiro atoms. The van der Waals surface area contributed by atoms with Gasteiger partial charge >= 0.3 is 0 Å². The van der Waals surface area contributed by atoms with Crippen LogP contribution in [0.5, 0.6) is 0 Å². The smallest absolute Gasteiger partial charge is 0.0648 e. The van der Waals surface area contributed by atoms with Crippen LogP contribution in [0.2, 0.25) is 0 Å². The molecule has 0 fully saturated rings. The van der Waals surface area contributed by atoms with Gasteiger partial charge in [0.1, 0.15) is 0 Å². The SMILES string of the molecule is CCC(C)(C)NCCC(C)(C)OCCC(C)(C)OCC(C)(C)C. The summed E-state index contributed by atoms with van der Waals surface area (Å²) in [4.78, 5) is 0. The van der Waals surface area contributed by atoms with E-state index in [9.17, 15) is 0 Å². The first kappa shape index (κ1) is 22.9. The molecule has 0 saturated heterocycles. The second-order valence-electron chi connectivity index (χ2n) is 9.88. The maximum absolute atomic E-state index is 6.13. The van der Waals surface area contributed by atoms with Crippen molar-refractivity contribution in [2.24, 2.45) is 5.41 Å². The Balaban J connectivity index is 4.09. The van der Waals surface area contributed by atoms with E-state index in [0.29, 0.717) is 0 Å². The zero-order valence-electron chi connectivity index (χ0n) is 17.6. The third-order valence-corrected chi connectivity index (χ3v) is 4.31. The summed E-state index contributed by atoms with van der Waals surface area (Å²) >= 11 is 0. The molecule has 0 aliphatic heterocycles. The van der Waals surface area contributed by atoms with Crippen molar-refractivity contribution in [3.63, 3.8) is 0 Å². The van der Waals surface area contributed by atoms with Gasteiger partial charge in [0.2, 0.25) is 0 Å². The predicted molar refractivity (Wildman–Crippen MR) is 101 cm³/mol. The van der Waals surface area contributed by atoms with Gasteiger partial charge in [0.15, 0.2) is 0 Å². The largest absolute Gasteiger partial charge is 0.375 e. The van der Waals surface area contributed by atoms with E-state index in [2.05, 4.69) is 74.6 Å². The first-order chi connectivity index (χ1) is 10.2. The number of hydrogen-bond donors (Lipinski definition) is 1. The molecule has 140 valence electrons. The maximum atomic E-state index is 6.13. The number of nitrogens with one attached hydrogen (secondary N) is 1. The molecule has 0 atom stereocenters. The van der Waals surface area contributed by atoms with Gasteiger partial charge in [-0.1, -0.05) is 27.7 Å². The second kappa shape index (κ2) is 8.82. The Hall–Kier alpha value is -0.120. The van der Waals surface area contributed by atoms with Gasteiger partial charge in [-0.25, -0.2) is 0 Å². The molecule has 3 heteroatoms. The molecule has 0 saturated carbocycles. The molecule has 23 heavy (non-hydrogen) atoms. The Bertz CT molecular complexity index is 327. The van der Waals surface area contributed by atoms with Gasteiger partial charge in [-0.3, -0.25) is 0 Å². The maximum Gasteiger partial charge on any atom is 0.0648 e. The summed E-state index contributed by atoms with van der Waals surface area (Å²) < 4.78 is 12.2. The van der Waals surface area contributed by atoms with Crippen LogP contribution in [0.25, 0.3) is 0 Å². The van der Waals surface area contributed by atoms with Gasteiger partial charge < -0.3 is 14.8 Å². The molecule has 0 aromatic carbocycles. The third-order valence-electron chi connectivity index (χ3n) is 4.31. The third kappa shape index (κ3) is 12.9. The fourth-order valence-electron chi connectivity index (χ4n) is 1.96. The Labute approximate surface area is 145 Å². The van der Waals surface area contributed by atoms with E-state index >= 15 is 0 Å². The minimum Gasteiger partial charge on any atom is -0.375 e. The fraction of sp³-hybridized carbons (Fsp3) is 1.00. The van der Waals surface area contributed by atoms with Crippen molar-refractivity contribution in [1.82, 2.24) is 5.32 Å². The van der Waals surface area contributed by atoms with Gasteiger partial charge in [-0.2, -0.15) is 0 Å². The van der Waals surface area contributed by atoms with Crippen LogP contribution in [0.15, 0.2) is 0 Å². The summed E-state index contributed by atoms with van der Waals surface area (Å²) in [7, 11) is 0. The van der Waals surface area contributed by atoms with Crippen molar-refractivity contribution in [3.05, 3.63) is 0 Å². The molecule has 0 rings (SSSR count). The predicted octanol–water partition coefficient (Wildman–Crippen LogP) is 5.18. The molecule has 0 bridgehead atoms. The van der Waals surface area contributed by atoms with Gasteiger partial charge in [0.05, 0.1) is 24.4 Å². The molecule has 0 radical (unpaired) electrons. The summed E-state index contributed by atoms with van der Waals surface area (Å²) in [5, 5.41) is 3.60. The van der Waals surface area contributed by atoms with Crippen LogP contribution in [0.4, 0.5) is 0 Å². The summed E-state index contributed by atoms with van der Waals surface area (Å²) in [5.74, 6) is 0. The molecule has 0 unspecified atom stereocenters. The monoisotopic (exact) mass is 329 g/mol. The van der Waals surface area contributed by atoms with E-state index in [1.807, 2.05) is 0 Å². The van der Waals surface area contributed by atoms with Crippen LogP contribution < -0.4 is 5.32 Å². The van der Waals surface area contributed by atoms with Crippen molar-refractivity contribution >= 4 is 0 Å².